The Labute approximate surface area is 107 Å². The van der Waals surface area contributed by atoms with Crippen molar-refractivity contribution in [2.24, 2.45) is 0 Å². The Morgan fingerprint density at radius 3 is 2.29 bits per heavy atom. The summed E-state index contributed by atoms with van der Waals surface area (Å²) in [5.41, 5.74) is 2.75. The highest BCUT2D eigenvalue weighted by atomic mass is 32.2. The van der Waals surface area contributed by atoms with E-state index < -0.39 is 0 Å². The Morgan fingerprint density at radius 2 is 1.71 bits per heavy atom. The molecule has 2 heteroatoms. The molecule has 1 aromatic heterocycles. The Hall–Kier alpha value is -1.28. The summed E-state index contributed by atoms with van der Waals surface area (Å²) in [6, 6.07) is 13.0. The zero-order chi connectivity index (χ0) is 12.1. The van der Waals surface area contributed by atoms with E-state index in [1.807, 2.05) is 12.4 Å². The van der Waals surface area contributed by atoms with Crippen LogP contribution in [-0.2, 0) is 6.42 Å². The highest BCUT2D eigenvalue weighted by Crippen LogP contribution is 2.21. The minimum absolute atomic E-state index is 0.540. The van der Waals surface area contributed by atoms with E-state index in [-0.39, 0.29) is 0 Å². The molecule has 1 atom stereocenters. The van der Waals surface area contributed by atoms with Gasteiger partial charge in [0.2, 0.25) is 0 Å². The van der Waals surface area contributed by atoms with Crippen LogP contribution in [0.1, 0.15) is 24.0 Å². The number of benzene rings is 1. The Kier molecular flexibility index (Phi) is 4.21. The van der Waals surface area contributed by atoms with Crippen LogP contribution in [0.2, 0.25) is 0 Å². The van der Waals surface area contributed by atoms with Crippen LogP contribution >= 0.6 is 11.8 Å². The van der Waals surface area contributed by atoms with Crippen molar-refractivity contribution in [2.75, 3.05) is 6.26 Å². The van der Waals surface area contributed by atoms with E-state index in [1.165, 1.54) is 16.0 Å². The smallest absolute Gasteiger partial charge is 0.0270 e. The van der Waals surface area contributed by atoms with Gasteiger partial charge in [0.25, 0.3) is 0 Å². The molecule has 0 aliphatic heterocycles. The molecule has 0 aliphatic carbocycles. The van der Waals surface area contributed by atoms with Gasteiger partial charge in [-0.1, -0.05) is 19.1 Å². The van der Waals surface area contributed by atoms with Crippen molar-refractivity contribution in [3.05, 3.63) is 59.9 Å². The molecule has 0 aliphatic rings. The van der Waals surface area contributed by atoms with Gasteiger partial charge >= 0.3 is 0 Å². The number of hydrogen-bond acceptors (Lipinski definition) is 2. The van der Waals surface area contributed by atoms with E-state index in [0.717, 1.165) is 6.42 Å². The second-order valence-electron chi connectivity index (χ2n) is 4.23. The predicted octanol–water partition coefficient (Wildman–Crippen LogP) is 4.15. The number of pyridine rings is 1. The molecule has 0 N–H and O–H groups in total. The fourth-order valence-electron chi connectivity index (χ4n) is 1.93. The molecule has 0 saturated carbocycles. The van der Waals surface area contributed by atoms with Crippen molar-refractivity contribution in [1.82, 2.24) is 4.98 Å². The molecule has 0 bridgehead atoms. The summed E-state index contributed by atoms with van der Waals surface area (Å²) >= 11 is 1.78. The molecule has 0 saturated heterocycles. The van der Waals surface area contributed by atoms with Gasteiger partial charge in [0.05, 0.1) is 0 Å². The average molecular weight is 243 g/mol. The highest BCUT2D eigenvalue weighted by Gasteiger charge is 2.06. The van der Waals surface area contributed by atoms with Crippen molar-refractivity contribution in [3.63, 3.8) is 0 Å². The lowest BCUT2D eigenvalue weighted by molar-refractivity contribution is 0.757. The average Bonchev–Trinajstić information content (AvgIpc) is 2.40. The number of hydrogen-bond donors (Lipinski definition) is 0. The van der Waals surface area contributed by atoms with Gasteiger partial charge in [0.15, 0.2) is 0 Å². The maximum absolute atomic E-state index is 4.05. The van der Waals surface area contributed by atoms with Crippen LogP contribution in [0.3, 0.4) is 0 Å². The third-order valence-electron chi connectivity index (χ3n) is 2.98. The lowest BCUT2D eigenvalue weighted by Gasteiger charge is -2.11. The standard InChI is InChI=1S/C15H17NS/c1-12(14-7-9-16-10-8-14)11-13-3-5-15(17-2)6-4-13/h3-10,12H,11H2,1-2H3. The first-order valence-corrected chi connectivity index (χ1v) is 7.05. The molecule has 2 aromatic rings. The largest absolute Gasteiger partial charge is 0.265 e. The van der Waals surface area contributed by atoms with Crippen LogP contribution in [0.15, 0.2) is 53.7 Å². The monoisotopic (exact) mass is 243 g/mol. The van der Waals surface area contributed by atoms with E-state index in [1.54, 1.807) is 11.8 Å². The maximum Gasteiger partial charge on any atom is 0.0270 e. The normalized spacial score (nSPS) is 12.4. The second kappa shape index (κ2) is 5.87. The molecular weight excluding hydrogens is 226 g/mol. The highest BCUT2D eigenvalue weighted by molar-refractivity contribution is 7.98. The first-order valence-electron chi connectivity index (χ1n) is 5.82. The minimum atomic E-state index is 0.540. The van der Waals surface area contributed by atoms with Crippen molar-refractivity contribution in [3.8, 4) is 0 Å². The van der Waals surface area contributed by atoms with Gasteiger partial charge < -0.3 is 0 Å². The van der Waals surface area contributed by atoms with Crippen molar-refractivity contribution in [1.29, 1.82) is 0 Å². The molecular formula is C15H17NS. The van der Waals surface area contributed by atoms with Gasteiger partial charge in [-0.2, -0.15) is 0 Å². The summed E-state index contributed by atoms with van der Waals surface area (Å²) in [5.74, 6) is 0.540. The zero-order valence-corrected chi connectivity index (χ0v) is 11.1. The van der Waals surface area contributed by atoms with Gasteiger partial charge in [-0.05, 0) is 54.0 Å². The molecule has 2 rings (SSSR count). The number of rotatable bonds is 4. The van der Waals surface area contributed by atoms with E-state index in [2.05, 4.69) is 54.6 Å². The fraction of sp³-hybridized carbons (Fsp3) is 0.267. The topological polar surface area (TPSA) is 12.9 Å². The molecule has 0 amide bonds. The molecule has 0 spiro atoms. The fourth-order valence-corrected chi connectivity index (χ4v) is 2.33. The minimum Gasteiger partial charge on any atom is -0.265 e. The van der Waals surface area contributed by atoms with Crippen molar-refractivity contribution in [2.45, 2.75) is 24.2 Å². The van der Waals surface area contributed by atoms with Gasteiger partial charge in [-0.25, -0.2) is 0 Å². The molecule has 0 fully saturated rings. The summed E-state index contributed by atoms with van der Waals surface area (Å²) < 4.78 is 0. The number of thioether (sulfide) groups is 1. The summed E-state index contributed by atoms with van der Waals surface area (Å²) in [6.45, 7) is 2.26. The Balaban J connectivity index is 2.05. The van der Waals surface area contributed by atoms with Gasteiger partial charge in [0.1, 0.15) is 0 Å². The van der Waals surface area contributed by atoms with Gasteiger partial charge in [-0.3, -0.25) is 4.98 Å². The van der Waals surface area contributed by atoms with Crippen LogP contribution in [0.4, 0.5) is 0 Å². The van der Waals surface area contributed by atoms with E-state index in [9.17, 15) is 0 Å². The summed E-state index contributed by atoms with van der Waals surface area (Å²) in [7, 11) is 0. The first kappa shape index (κ1) is 12.2. The Morgan fingerprint density at radius 1 is 1.06 bits per heavy atom. The lowest BCUT2D eigenvalue weighted by Crippen LogP contribution is -1.98. The molecule has 1 nitrogen and oxygen atoms in total. The van der Waals surface area contributed by atoms with Crippen LogP contribution < -0.4 is 0 Å². The predicted molar refractivity (Wildman–Crippen MR) is 74.6 cm³/mol. The maximum atomic E-state index is 4.05. The second-order valence-corrected chi connectivity index (χ2v) is 5.11. The molecule has 0 radical (unpaired) electrons. The van der Waals surface area contributed by atoms with Crippen LogP contribution in [0.25, 0.3) is 0 Å². The molecule has 1 unspecified atom stereocenters. The van der Waals surface area contributed by atoms with Crippen molar-refractivity contribution < 1.29 is 0 Å². The molecule has 88 valence electrons. The van der Waals surface area contributed by atoms with E-state index in [4.69, 9.17) is 0 Å². The summed E-state index contributed by atoms with van der Waals surface area (Å²) in [4.78, 5) is 5.38. The van der Waals surface area contributed by atoms with Crippen molar-refractivity contribution >= 4 is 11.8 Å². The quantitative estimate of drug-likeness (QED) is 0.748. The lowest BCUT2D eigenvalue weighted by atomic mass is 9.95. The number of aromatic nitrogens is 1. The van der Waals surface area contributed by atoms with Crippen LogP contribution in [0, 0.1) is 0 Å². The van der Waals surface area contributed by atoms with Crippen LogP contribution in [-0.4, -0.2) is 11.2 Å². The third-order valence-corrected chi connectivity index (χ3v) is 3.72. The SMILES string of the molecule is CSc1ccc(CC(C)c2ccncc2)cc1. The molecule has 17 heavy (non-hydrogen) atoms. The molecule has 1 aromatic carbocycles. The van der Waals surface area contributed by atoms with E-state index >= 15 is 0 Å². The van der Waals surface area contributed by atoms with Gasteiger partial charge in [0, 0.05) is 17.3 Å². The molecule has 1 heterocycles. The van der Waals surface area contributed by atoms with Gasteiger partial charge in [-0.15, -0.1) is 11.8 Å². The third kappa shape index (κ3) is 3.34. The zero-order valence-electron chi connectivity index (χ0n) is 10.3. The first-order chi connectivity index (χ1) is 8.29. The number of nitrogens with zero attached hydrogens (tertiary/aromatic N) is 1. The van der Waals surface area contributed by atoms with E-state index in [0.29, 0.717) is 5.92 Å². The Bertz CT molecular complexity index is 450. The summed E-state index contributed by atoms with van der Waals surface area (Å²) in [6.07, 6.45) is 6.92. The van der Waals surface area contributed by atoms with Crippen LogP contribution in [0.5, 0.6) is 0 Å². The summed E-state index contributed by atoms with van der Waals surface area (Å²) in [5, 5.41) is 0.